The Morgan fingerprint density at radius 3 is 3.10 bits per heavy atom. The predicted molar refractivity (Wildman–Crippen MR) is 79.5 cm³/mol. The van der Waals surface area contributed by atoms with Crippen LogP contribution in [0, 0.1) is 4.77 Å². The van der Waals surface area contributed by atoms with Crippen molar-refractivity contribution in [1.82, 2.24) is 24.4 Å². The molecule has 1 saturated heterocycles. The molecule has 0 saturated carbocycles. The van der Waals surface area contributed by atoms with Gasteiger partial charge in [0.05, 0.1) is 7.11 Å². The van der Waals surface area contributed by atoms with E-state index in [1.807, 2.05) is 0 Å². The zero-order valence-electron chi connectivity index (χ0n) is 11.8. The molecular formula is C13H19N5OS. The lowest BCUT2D eigenvalue weighted by atomic mass is 10.2. The number of hydrogen-bond donors (Lipinski definition) is 1. The third-order valence-corrected chi connectivity index (χ3v) is 4.34. The summed E-state index contributed by atoms with van der Waals surface area (Å²) < 4.78 is 8.00. The summed E-state index contributed by atoms with van der Waals surface area (Å²) in [6.07, 6.45) is 3.99. The van der Waals surface area contributed by atoms with Crippen LogP contribution in [0.15, 0.2) is 6.33 Å². The normalized spacial score (nSPS) is 19.8. The van der Waals surface area contributed by atoms with E-state index in [9.17, 15) is 0 Å². The van der Waals surface area contributed by atoms with Crippen molar-refractivity contribution in [2.45, 2.75) is 32.4 Å². The highest BCUT2D eigenvalue weighted by atomic mass is 32.1. The number of rotatable bonds is 4. The number of H-pyrrole nitrogens is 1. The van der Waals surface area contributed by atoms with Gasteiger partial charge >= 0.3 is 0 Å². The fraction of sp³-hybridized carbons (Fsp3) is 0.615. The fourth-order valence-corrected chi connectivity index (χ4v) is 3.26. The summed E-state index contributed by atoms with van der Waals surface area (Å²) in [5, 5.41) is 0. The molecule has 3 heterocycles. The van der Waals surface area contributed by atoms with Crippen LogP contribution in [-0.2, 0) is 6.54 Å². The molecule has 1 aliphatic heterocycles. The molecule has 0 radical (unpaired) electrons. The number of aromatic amines is 1. The van der Waals surface area contributed by atoms with E-state index in [2.05, 4.69) is 31.3 Å². The Morgan fingerprint density at radius 2 is 2.35 bits per heavy atom. The third kappa shape index (κ3) is 2.20. The molecule has 6 nitrogen and oxygen atoms in total. The van der Waals surface area contributed by atoms with Crippen LogP contribution in [0.4, 0.5) is 0 Å². The second-order valence-corrected chi connectivity index (χ2v) is 5.43. The molecule has 1 fully saturated rings. The first-order valence-electron chi connectivity index (χ1n) is 6.96. The average molecular weight is 293 g/mol. The van der Waals surface area contributed by atoms with Crippen molar-refractivity contribution < 1.29 is 4.74 Å². The highest BCUT2D eigenvalue weighted by molar-refractivity contribution is 7.71. The first-order valence-corrected chi connectivity index (χ1v) is 7.37. The molecule has 1 N–H and O–H groups in total. The average Bonchev–Trinajstić information content (AvgIpc) is 3.04. The van der Waals surface area contributed by atoms with Crippen LogP contribution >= 0.6 is 12.2 Å². The van der Waals surface area contributed by atoms with Gasteiger partial charge in [0.2, 0.25) is 5.88 Å². The molecular weight excluding hydrogens is 274 g/mol. The van der Waals surface area contributed by atoms with E-state index in [0.717, 1.165) is 24.3 Å². The smallest absolute Gasteiger partial charge is 0.242 e. The molecule has 3 rings (SSSR count). The van der Waals surface area contributed by atoms with Crippen LogP contribution in [0.1, 0.15) is 19.8 Å². The SMILES string of the molecule is CCN1CCCC1Cn1c(=S)[nH]c2c(OC)ncnc21. The van der Waals surface area contributed by atoms with Gasteiger partial charge in [0.25, 0.3) is 0 Å². The lowest BCUT2D eigenvalue weighted by Crippen LogP contribution is -2.32. The number of hydrogen-bond acceptors (Lipinski definition) is 5. The molecule has 2 aromatic heterocycles. The van der Waals surface area contributed by atoms with Crippen LogP contribution in [-0.4, -0.2) is 50.7 Å². The van der Waals surface area contributed by atoms with E-state index in [1.54, 1.807) is 7.11 Å². The molecule has 0 aromatic carbocycles. The number of methoxy groups -OCH3 is 1. The second kappa shape index (κ2) is 5.49. The summed E-state index contributed by atoms with van der Waals surface area (Å²) in [4.78, 5) is 14.1. The van der Waals surface area contributed by atoms with Crippen molar-refractivity contribution in [2.75, 3.05) is 20.2 Å². The standard InChI is InChI=1S/C13H19N5OS/c1-3-17-6-4-5-9(17)7-18-11-10(16-13(18)20)12(19-2)15-8-14-11/h8-9H,3-7H2,1-2H3,(H,16,20). The van der Waals surface area contributed by atoms with E-state index in [0.29, 0.717) is 16.7 Å². The third-order valence-electron chi connectivity index (χ3n) is 4.02. The van der Waals surface area contributed by atoms with Gasteiger partial charge < -0.3 is 9.72 Å². The molecule has 0 bridgehead atoms. The van der Waals surface area contributed by atoms with Gasteiger partial charge in [-0.2, -0.15) is 4.98 Å². The van der Waals surface area contributed by atoms with Gasteiger partial charge in [-0.1, -0.05) is 6.92 Å². The predicted octanol–water partition coefficient (Wildman–Crippen LogP) is 1.98. The van der Waals surface area contributed by atoms with E-state index in [1.165, 1.54) is 25.7 Å². The Morgan fingerprint density at radius 1 is 1.50 bits per heavy atom. The van der Waals surface area contributed by atoms with Crippen LogP contribution in [0.2, 0.25) is 0 Å². The van der Waals surface area contributed by atoms with Crippen molar-refractivity contribution in [3.8, 4) is 5.88 Å². The number of imidazole rings is 1. The molecule has 1 atom stereocenters. The molecule has 0 aliphatic carbocycles. The highest BCUT2D eigenvalue weighted by Gasteiger charge is 2.24. The van der Waals surface area contributed by atoms with Crippen LogP contribution in [0.25, 0.3) is 11.2 Å². The lowest BCUT2D eigenvalue weighted by Gasteiger charge is -2.23. The minimum absolute atomic E-state index is 0.534. The summed E-state index contributed by atoms with van der Waals surface area (Å²) in [7, 11) is 1.60. The molecule has 1 unspecified atom stereocenters. The molecule has 2 aromatic rings. The van der Waals surface area contributed by atoms with Crippen molar-refractivity contribution >= 4 is 23.4 Å². The number of likely N-dealkylation sites (tertiary alicyclic amines) is 1. The Hall–Kier alpha value is -1.47. The van der Waals surface area contributed by atoms with Crippen LogP contribution < -0.4 is 4.74 Å². The fourth-order valence-electron chi connectivity index (χ4n) is 3.00. The topological polar surface area (TPSA) is 59.0 Å². The monoisotopic (exact) mass is 293 g/mol. The maximum Gasteiger partial charge on any atom is 0.242 e. The summed E-state index contributed by atoms with van der Waals surface area (Å²) in [5.74, 6) is 0.540. The second-order valence-electron chi connectivity index (χ2n) is 5.05. The Balaban J connectivity index is 1.99. The Bertz CT molecular complexity index is 664. The van der Waals surface area contributed by atoms with E-state index in [4.69, 9.17) is 17.0 Å². The van der Waals surface area contributed by atoms with E-state index < -0.39 is 0 Å². The van der Waals surface area contributed by atoms with Gasteiger partial charge in [0.15, 0.2) is 10.4 Å². The minimum Gasteiger partial charge on any atom is -0.479 e. The number of ether oxygens (including phenoxy) is 1. The van der Waals surface area contributed by atoms with Gasteiger partial charge in [0.1, 0.15) is 11.8 Å². The zero-order valence-corrected chi connectivity index (χ0v) is 12.6. The molecule has 7 heteroatoms. The van der Waals surface area contributed by atoms with Crippen molar-refractivity contribution in [3.05, 3.63) is 11.1 Å². The quantitative estimate of drug-likeness (QED) is 0.874. The summed E-state index contributed by atoms with van der Waals surface area (Å²) >= 11 is 5.44. The van der Waals surface area contributed by atoms with Crippen LogP contribution in [0.5, 0.6) is 5.88 Å². The number of fused-ring (bicyclic) bond motifs is 1. The Labute approximate surface area is 122 Å². The Kier molecular flexibility index (Phi) is 3.71. The van der Waals surface area contributed by atoms with Crippen LogP contribution in [0.3, 0.4) is 0 Å². The van der Waals surface area contributed by atoms with Gasteiger partial charge in [-0.05, 0) is 38.1 Å². The number of aromatic nitrogens is 4. The van der Waals surface area contributed by atoms with Crippen molar-refractivity contribution in [2.24, 2.45) is 0 Å². The van der Waals surface area contributed by atoms with Gasteiger partial charge in [0, 0.05) is 12.6 Å². The van der Waals surface area contributed by atoms with Gasteiger partial charge in [-0.15, -0.1) is 0 Å². The van der Waals surface area contributed by atoms with Crippen molar-refractivity contribution in [1.29, 1.82) is 0 Å². The first kappa shape index (κ1) is 13.5. The zero-order chi connectivity index (χ0) is 14.1. The lowest BCUT2D eigenvalue weighted by molar-refractivity contribution is 0.245. The summed E-state index contributed by atoms with van der Waals surface area (Å²) in [5.41, 5.74) is 1.60. The van der Waals surface area contributed by atoms with E-state index in [-0.39, 0.29) is 0 Å². The number of nitrogens with zero attached hydrogens (tertiary/aromatic N) is 4. The molecule has 0 spiro atoms. The van der Waals surface area contributed by atoms with Crippen molar-refractivity contribution in [3.63, 3.8) is 0 Å². The first-order chi connectivity index (χ1) is 9.74. The molecule has 108 valence electrons. The highest BCUT2D eigenvalue weighted by Crippen LogP contribution is 2.23. The molecule has 1 aliphatic rings. The van der Waals surface area contributed by atoms with Gasteiger partial charge in [-0.25, -0.2) is 4.98 Å². The summed E-state index contributed by atoms with van der Waals surface area (Å²) in [6.45, 7) is 5.33. The maximum atomic E-state index is 5.44. The molecule has 0 amide bonds. The number of likely N-dealkylation sites (N-methyl/N-ethyl adjacent to an activating group) is 1. The number of nitrogens with one attached hydrogen (secondary N) is 1. The van der Waals surface area contributed by atoms with E-state index >= 15 is 0 Å². The maximum absolute atomic E-state index is 5.44. The minimum atomic E-state index is 0.534. The largest absolute Gasteiger partial charge is 0.479 e. The molecule has 20 heavy (non-hydrogen) atoms. The van der Waals surface area contributed by atoms with Gasteiger partial charge in [-0.3, -0.25) is 9.47 Å². The summed E-state index contributed by atoms with van der Waals surface area (Å²) in [6, 6.07) is 0.534.